The highest BCUT2D eigenvalue weighted by Crippen LogP contribution is 2.26. The van der Waals surface area contributed by atoms with E-state index < -0.39 is 0 Å². The number of amides is 1. The van der Waals surface area contributed by atoms with Crippen LogP contribution in [0, 0.1) is 0 Å². The first-order valence-corrected chi connectivity index (χ1v) is 10.1. The van der Waals surface area contributed by atoms with Gasteiger partial charge in [0, 0.05) is 30.9 Å². The molecule has 0 spiro atoms. The van der Waals surface area contributed by atoms with Crippen molar-refractivity contribution in [1.29, 1.82) is 0 Å². The Kier molecular flexibility index (Phi) is 7.59. The van der Waals surface area contributed by atoms with E-state index in [1.54, 1.807) is 0 Å². The Morgan fingerprint density at radius 2 is 1.93 bits per heavy atom. The fourth-order valence-corrected chi connectivity index (χ4v) is 2.98. The van der Waals surface area contributed by atoms with E-state index in [0.717, 1.165) is 35.8 Å². The molecule has 0 aliphatic carbocycles. The predicted molar refractivity (Wildman–Crippen MR) is 120 cm³/mol. The van der Waals surface area contributed by atoms with Gasteiger partial charge < -0.3 is 15.0 Å². The van der Waals surface area contributed by atoms with E-state index in [1.807, 2.05) is 86.4 Å². The summed E-state index contributed by atoms with van der Waals surface area (Å²) in [4.78, 5) is 19.2. The Labute approximate surface area is 177 Å². The van der Waals surface area contributed by atoms with Crippen molar-refractivity contribution in [3.63, 3.8) is 0 Å². The lowest BCUT2D eigenvalue weighted by Crippen LogP contribution is -2.33. The van der Waals surface area contributed by atoms with Crippen LogP contribution in [0.1, 0.15) is 6.92 Å². The largest absolute Gasteiger partial charge is 0.494 e. The van der Waals surface area contributed by atoms with Gasteiger partial charge in [-0.3, -0.25) is 14.7 Å². The predicted octanol–water partition coefficient (Wildman–Crippen LogP) is 3.03. The van der Waals surface area contributed by atoms with Crippen molar-refractivity contribution in [2.75, 3.05) is 45.7 Å². The molecule has 1 heterocycles. The molecule has 158 valence electrons. The summed E-state index contributed by atoms with van der Waals surface area (Å²) in [6.07, 6.45) is 1.93. The van der Waals surface area contributed by atoms with Gasteiger partial charge in [0.05, 0.1) is 24.5 Å². The van der Waals surface area contributed by atoms with Crippen molar-refractivity contribution in [3.05, 3.63) is 60.8 Å². The molecule has 2 N–H and O–H groups in total. The molecule has 7 heteroatoms. The lowest BCUT2D eigenvalue weighted by atomic mass is 10.2. The van der Waals surface area contributed by atoms with Gasteiger partial charge in [0.1, 0.15) is 5.75 Å². The number of nitrogens with zero attached hydrogens (tertiary/aromatic N) is 3. The van der Waals surface area contributed by atoms with Gasteiger partial charge in [-0.2, -0.15) is 0 Å². The molecule has 30 heavy (non-hydrogen) atoms. The molecule has 0 saturated carbocycles. The van der Waals surface area contributed by atoms with Crippen LogP contribution in [0.5, 0.6) is 5.75 Å². The van der Waals surface area contributed by atoms with Crippen LogP contribution < -0.4 is 15.4 Å². The summed E-state index contributed by atoms with van der Waals surface area (Å²) in [5.41, 5.74) is 2.64. The minimum Gasteiger partial charge on any atom is -0.494 e. The first-order valence-electron chi connectivity index (χ1n) is 10.1. The van der Waals surface area contributed by atoms with Gasteiger partial charge in [-0.25, -0.2) is 4.98 Å². The molecule has 0 saturated heterocycles. The van der Waals surface area contributed by atoms with E-state index in [4.69, 9.17) is 4.74 Å². The molecule has 0 aliphatic heterocycles. The highest BCUT2D eigenvalue weighted by Gasteiger charge is 2.14. The van der Waals surface area contributed by atoms with Crippen molar-refractivity contribution < 1.29 is 9.53 Å². The Hall–Kier alpha value is -3.16. The zero-order valence-electron chi connectivity index (χ0n) is 17.8. The molecule has 7 nitrogen and oxygen atoms in total. The summed E-state index contributed by atoms with van der Waals surface area (Å²) in [6.45, 7) is 4.36. The third-order valence-corrected chi connectivity index (χ3v) is 4.45. The van der Waals surface area contributed by atoms with E-state index in [0.29, 0.717) is 12.6 Å². The summed E-state index contributed by atoms with van der Waals surface area (Å²) in [7, 11) is 4.00. The maximum atomic E-state index is 12.5. The number of nitrogens with one attached hydrogen (secondary N) is 2. The van der Waals surface area contributed by atoms with E-state index in [-0.39, 0.29) is 12.5 Å². The number of ether oxygens (including phenoxy) is 1. The fraction of sp³-hybridized carbons (Fsp3) is 0.304. The number of anilines is 1. The van der Waals surface area contributed by atoms with Gasteiger partial charge in [-0.1, -0.05) is 36.4 Å². The molecule has 0 aliphatic rings. The van der Waals surface area contributed by atoms with Crippen LogP contribution in [0.2, 0.25) is 0 Å². The number of benzene rings is 2. The molecule has 3 aromatic rings. The monoisotopic (exact) mass is 407 g/mol. The number of carbonyl (C=O) groups is 1. The molecule has 0 radical (unpaired) electrons. The number of likely N-dealkylation sites (N-methyl/N-ethyl adjacent to an activating group) is 1. The highest BCUT2D eigenvalue weighted by molar-refractivity contribution is 5.91. The fourth-order valence-electron chi connectivity index (χ4n) is 2.98. The first-order chi connectivity index (χ1) is 14.6. The number of hydrogen-bond donors (Lipinski definition) is 2. The first kappa shape index (κ1) is 21.5. The van der Waals surface area contributed by atoms with E-state index in [9.17, 15) is 4.79 Å². The smallest absolute Gasteiger partial charge is 0.240 e. The van der Waals surface area contributed by atoms with Gasteiger partial charge in [-0.05, 0) is 33.2 Å². The Morgan fingerprint density at radius 3 is 2.67 bits per heavy atom. The molecule has 3 rings (SSSR count). The van der Waals surface area contributed by atoms with E-state index in [2.05, 4.69) is 20.5 Å². The average molecular weight is 408 g/mol. The van der Waals surface area contributed by atoms with Crippen LogP contribution in [0.4, 0.5) is 5.95 Å². The summed E-state index contributed by atoms with van der Waals surface area (Å²) in [5, 5.41) is 6.08. The number of carbonyl (C=O) groups excluding carboxylic acids is 1. The number of imidazole rings is 1. The third-order valence-electron chi connectivity index (χ3n) is 4.45. The zero-order valence-corrected chi connectivity index (χ0v) is 17.8. The van der Waals surface area contributed by atoms with Gasteiger partial charge in [-0.15, -0.1) is 0 Å². The third kappa shape index (κ3) is 5.92. The van der Waals surface area contributed by atoms with Crippen LogP contribution in [0.15, 0.2) is 60.8 Å². The average Bonchev–Trinajstić information content (AvgIpc) is 3.16. The Bertz CT molecular complexity index is 953. The molecule has 0 atom stereocenters. The molecule has 2 aromatic carbocycles. The van der Waals surface area contributed by atoms with Crippen LogP contribution in [0.25, 0.3) is 16.9 Å². The Balaban J connectivity index is 1.84. The highest BCUT2D eigenvalue weighted by atomic mass is 16.5. The number of aromatic nitrogens is 2. The van der Waals surface area contributed by atoms with Crippen LogP contribution in [0.3, 0.4) is 0 Å². The summed E-state index contributed by atoms with van der Waals surface area (Å²) in [5.74, 6) is 1.11. The second kappa shape index (κ2) is 10.6. The summed E-state index contributed by atoms with van der Waals surface area (Å²) in [6, 6.07) is 17.6. The molecule has 1 amide bonds. The van der Waals surface area contributed by atoms with Crippen molar-refractivity contribution >= 4 is 11.9 Å². The molecular weight excluding hydrogens is 378 g/mol. The second-order valence-corrected chi connectivity index (χ2v) is 7.14. The lowest BCUT2D eigenvalue weighted by molar-refractivity contribution is -0.115. The normalized spacial score (nSPS) is 10.9. The summed E-state index contributed by atoms with van der Waals surface area (Å²) < 4.78 is 7.51. The number of rotatable bonds is 10. The SMILES string of the molecule is CCOc1cccc(-n2cc(-c3ccccc3)nc2NC(=O)CNCCN(C)C)c1. The maximum Gasteiger partial charge on any atom is 0.240 e. The van der Waals surface area contributed by atoms with Crippen LogP contribution in [-0.4, -0.2) is 60.7 Å². The molecule has 0 bridgehead atoms. The minimum absolute atomic E-state index is 0.138. The van der Waals surface area contributed by atoms with Crippen molar-refractivity contribution in [1.82, 2.24) is 19.8 Å². The van der Waals surface area contributed by atoms with E-state index in [1.165, 1.54) is 0 Å². The topological polar surface area (TPSA) is 71.4 Å². The lowest BCUT2D eigenvalue weighted by Gasteiger charge is -2.12. The standard InChI is InChI=1S/C23H29N5O2/c1-4-30-20-12-8-11-19(15-20)28-17-21(18-9-6-5-7-10-18)25-23(28)26-22(29)16-24-13-14-27(2)3/h5-12,15,17,24H,4,13-14,16H2,1-3H3,(H,25,26,29). The second-order valence-electron chi connectivity index (χ2n) is 7.14. The van der Waals surface area contributed by atoms with Crippen molar-refractivity contribution in [3.8, 4) is 22.7 Å². The van der Waals surface area contributed by atoms with Gasteiger partial charge in [0.25, 0.3) is 0 Å². The van der Waals surface area contributed by atoms with Crippen LogP contribution in [-0.2, 0) is 4.79 Å². The van der Waals surface area contributed by atoms with Crippen LogP contribution >= 0.6 is 0 Å². The molecule has 1 aromatic heterocycles. The zero-order chi connectivity index (χ0) is 21.3. The molecule has 0 unspecified atom stereocenters. The quantitative estimate of drug-likeness (QED) is 0.506. The van der Waals surface area contributed by atoms with Gasteiger partial charge in [0.2, 0.25) is 11.9 Å². The van der Waals surface area contributed by atoms with Crippen molar-refractivity contribution in [2.24, 2.45) is 0 Å². The van der Waals surface area contributed by atoms with Gasteiger partial charge >= 0.3 is 0 Å². The summed E-state index contributed by atoms with van der Waals surface area (Å²) >= 11 is 0. The maximum absolute atomic E-state index is 12.5. The van der Waals surface area contributed by atoms with Crippen molar-refractivity contribution in [2.45, 2.75) is 6.92 Å². The Morgan fingerprint density at radius 1 is 1.13 bits per heavy atom. The van der Waals surface area contributed by atoms with Gasteiger partial charge in [0.15, 0.2) is 0 Å². The molecule has 0 fully saturated rings. The molecular formula is C23H29N5O2. The number of hydrogen-bond acceptors (Lipinski definition) is 5. The van der Waals surface area contributed by atoms with E-state index >= 15 is 0 Å². The minimum atomic E-state index is -0.138.